The molecule has 0 aromatic heterocycles. The predicted octanol–water partition coefficient (Wildman–Crippen LogP) is 3.22. The molecule has 3 amide bonds. The second-order valence-electron chi connectivity index (χ2n) is 9.61. The fourth-order valence-corrected chi connectivity index (χ4v) is 6.29. The van der Waals surface area contributed by atoms with E-state index in [1.807, 2.05) is 30.3 Å². The summed E-state index contributed by atoms with van der Waals surface area (Å²) in [5, 5.41) is 3.56. The van der Waals surface area contributed by atoms with Crippen molar-refractivity contribution >= 4 is 46.6 Å². The van der Waals surface area contributed by atoms with Crippen LogP contribution in [0, 0.1) is 0 Å². The molecule has 34 heavy (non-hydrogen) atoms. The molecule has 1 N–H and O–H groups in total. The van der Waals surface area contributed by atoms with Crippen LogP contribution < -0.4 is 10.2 Å². The Morgan fingerprint density at radius 1 is 1.03 bits per heavy atom. The normalized spacial score (nSPS) is 26.4. The third-order valence-electron chi connectivity index (χ3n) is 7.47. The molecule has 2 aromatic carbocycles. The van der Waals surface area contributed by atoms with Crippen molar-refractivity contribution in [2.75, 3.05) is 18.0 Å². The summed E-state index contributed by atoms with van der Waals surface area (Å²) in [6.07, 6.45) is 1.79. The summed E-state index contributed by atoms with van der Waals surface area (Å²) in [6.45, 7) is 3.10. The molecular formula is C25H24Cl2N4O3. The Morgan fingerprint density at radius 2 is 1.82 bits per heavy atom. The van der Waals surface area contributed by atoms with Crippen LogP contribution in [0.4, 0.5) is 5.69 Å². The van der Waals surface area contributed by atoms with Gasteiger partial charge >= 0.3 is 0 Å². The molecule has 9 heteroatoms. The maximum atomic E-state index is 12.9. The summed E-state index contributed by atoms with van der Waals surface area (Å²) in [6, 6.07) is 12.0. The highest BCUT2D eigenvalue weighted by atomic mass is 35.5. The number of amides is 3. The lowest BCUT2D eigenvalue weighted by Gasteiger charge is -2.58. The Bertz CT molecular complexity index is 1210. The van der Waals surface area contributed by atoms with Gasteiger partial charge < -0.3 is 9.80 Å². The minimum atomic E-state index is -0.584. The van der Waals surface area contributed by atoms with E-state index in [1.54, 1.807) is 4.90 Å². The van der Waals surface area contributed by atoms with Gasteiger partial charge in [0, 0.05) is 50.2 Å². The third kappa shape index (κ3) is 3.58. The lowest BCUT2D eigenvalue weighted by atomic mass is 9.86. The minimum Gasteiger partial charge on any atom is -0.362 e. The lowest BCUT2D eigenvalue weighted by molar-refractivity contribution is -0.136. The van der Waals surface area contributed by atoms with Crippen LogP contribution in [0.1, 0.15) is 40.7 Å². The molecule has 0 saturated carbocycles. The van der Waals surface area contributed by atoms with E-state index in [9.17, 15) is 14.4 Å². The van der Waals surface area contributed by atoms with Gasteiger partial charge in [0.2, 0.25) is 11.8 Å². The Balaban J connectivity index is 1.13. The van der Waals surface area contributed by atoms with Gasteiger partial charge in [0.05, 0.1) is 15.7 Å². The molecule has 7 rings (SSSR count). The first kappa shape index (κ1) is 21.9. The van der Waals surface area contributed by atoms with Gasteiger partial charge in [-0.05, 0) is 42.2 Å². The summed E-state index contributed by atoms with van der Waals surface area (Å²) >= 11 is 12.7. The number of rotatable bonds is 4. The van der Waals surface area contributed by atoms with Crippen LogP contribution in [-0.4, -0.2) is 58.7 Å². The molecule has 5 aliphatic heterocycles. The molecule has 0 radical (unpaired) electrons. The van der Waals surface area contributed by atoms with Crippen molar-refractivity contribution in [3.05, 3.63) is 63.1 Å². The average molecular weight is 499 g/mol. The average Bonchev–Trinajstić information content (AvgIpc) is 3.12. The van der Waals surface area contributed by atoms with Crippen molar-refractivity contribution < 1.29 is 14.4 Å². The summed E-state index contributed by atoms with van der Waals surface area (Å²) in [7, 11) is 0. The van der Waals surface area contributed by atoms with E-state index < -0.39 is 6.04 Å². The number of nitrogens with zero attached hydrogens (tertiary/aromatic N) is 3. The number of anilines is 1. The molecule has 5 heterocycles. The summed E-state index contributed by atoms with van der Waals surface area (Å²) in [5.41, 5.74) is 3.77. The maximum Gasteiger partial charge on any atom is 0.255 e. The van der Waals surface area contributed by atoms with E-state index in [0.717, 1.165) is 42.9 Å². The summed E-state index contributed by atoms with van der Waals surface area (Å²) < 4.78 is 0. The second-order valence-corrected chi connectivity index (χ2v) is 10.4. The second kappa shape index (κ2) is 8.26. The van der Waals surface area contributed by atoms with Crippen molar-refractivity contribution in [1.82, 2.24) is 15.1 Å². The van der Waals surface area contributed by atoms with Crippen LogP contribution in [0.5, 0.6) is 0 Å². The van der Waals surface area contributed by atoms with E-state index in [4.69, 9.17) is 23.2 Å². The van der Waals surface area contributed by atoms with Crippen LogP contribution in [0.2, 0.25) is 10.0 Å². The molecule has 176 valence electrons. The molecule has 0 aliphatic carbocycles. The number of piperazine rings is 1. The lowest BCUT2D eigenvalue weighted by Crippen LogP contribution is -2.68. The van der Waals surface area contributed by atoms with Gasteiger partial charge in [-0.25, -0.2) is 0 Å². The fourth-order valence-electron chi connectivity index (χ4n) is 5.90. The molecular weight excluding hydrogens is 475 g/mol. The van der Waals surface area contributed by atoms with Crippen molar-refractivity contribution in [1.29, 1.82) is 0 Å². The standard InChI is InChI=1S/C25H24Cl2N4O3/c26-19-2-1-3-20(23(19)27)31-16-9-17(31)13-29(12-16)10-14-4-5-18-15(8-14)11-30(25(18)34)21-6-7-22(32)28-24(21)33/h1-5,8,16-17,21H,6-7,9-13H2,(H,28,32,33). The Hall–Kier alpha value is -2.61. The zero-order valence-corrected chi connectivity index (χ0v) is 20.0. The highest BCUT2D eigenvalue weighted by molar-refractivity contribution is 6.43. The van der Waals surface area contributed by atoms with Crippen molar-refractivity contribution in [2.45, 2.75) is 50.5 Å². The van der Waals surface area contributed by atoms with Gasteiger partial charge in [-0.2, -0.15) is 0 Å². The van der Waals surface area contributed by atoms with Crippen LogP contribution in [0.25, 0.3) is 0 Å². The van der Waals surface area contributed by atoms with Gasteiger partial charge in [0.15, 0.2) is 0 Å². The number of imide groups is 1. The monoisotopic (exact) mass is 498 g/mol. The largest absolute Gasteiger partial charge is 0.362 e. The van der Waals surface area contributed by atoms with Gasteiger partial charge in [-0.15, -0.1) is 0 Å². The Labute approximate surface area is 207 Å². The number of carbonyl (C=O) groups excluding carboxylic acids is 3. The van der Waals surface area contributed by atoms with Crippen LogP contribution in [0.3, 0.4) is 0 Å². The summed E-state index contributed by atoms with van der Waals surface area (Å²) in [4.78, 5) is 43.1. The Kier molecular flexibility index (Phi) is 5.32. The number of hydrogen-bond acceptors (Lipinski definition) is 5. The van der Waals surface area contributed by atoms with Gasteiger partial charge in [-0.1, -0.05) is 41.4 Å². The minimum absolute atomic E-state index is 0.135. The first-order chi connectivity index (χ1) is 16.4. The number of piperidine rings is 2. The number of benzene rings is 2. The Morgan fingerprint density at radius 3 is 2.59 bits per heavy atom. The highest BCUT2D eigenvalue weighted by Crippen LogP contribution is 2.42. The number of nitrogens with one attached hydrogen (secondary N) is 1. The van der Waals surface area contributed by atoms with Crippen LogP contribution in [-0.2, 0) is 22.7 Å². The fraction of sp³-hybridized carbons (Fsp3) is 0.400. The third-order valence-corrected chi connectivity index (χ3v) is 8.28. The smallest absolute Gasteiger partial charge is 0.255 e. The number of carbonyl (C=O) groups is 3. The van der Waals surface area contributed by atoms with Crippen molar-refractivity contribution in [3.8, 4) is 0 Å². The molecule has 5 aliphatic rings. The molecule has 3 atom stereocenters. The number of halogens is 2. The number of hydrogen-bond donors (Lipinski definition) is 1. The quantitative estimate of drug-likeness (QED) is 0.655. The number of fused-ring (bicyclic) bond motifs is 3. The van der Waals surface area contributed by atoms with Crippen molar-refractivity contribution in [3.63, 3.8) is 0 Å². The molecule has 3 unspecified atom stereocenters. The maximum absolute atomic E-state index is 12.9. The molecule has 4 saturated heterocycles. The van der Waals surface area contributed by atoms with Gasteiger partial charge in [0.1, 0.15) is 6.04 Å². The van der Waals surface area contributed by atoms with Crippen LogP contribution >= 0.6 is 23.2 Å². The van der Waals surface area contributed by atoms with Crippen LogP contribution in [0.15, 0.2) is 36.4 Å². The summed E-state index contributed by atoms with van der Waals surface area (Å²) in [5.74, 6) is -0.790. The first-order valence-corrected chi connectivity index (χ1v) is 12.4. The zero-order chi connectivity index (χ0) is 23.6. The molecule has 0 spiro atoms. The van der Waals surface area contributed by atoms with E-state index in [1.165, 1.54) is 0 Å². The first-order valence-electron chi connectivity index (χ1n) is 11.6. The predicted molar refractivity (Wildman–Crippen MR) is 129 cm³/mol. The zero-order valence-electron chi connectivity index (χ0n) is 18.5. The van der Waals surface area contributed by atoms with Gasteiger partial charge in [0.25, 0.3) is 5.91 Å². The van der Waals surface area contributed by atoms with E-state index in [0.29, 0.717) is 40.7 Å². The molecule has 7 nitrogen and oxygen atoms in total. The van der Waals surface area contributed by atoms with Gasteiger partial charge in [-0.3, -0.25) is 24.6 Å². The van der Waals surface area contributed by atoms with E-state index in [2.05, 4.69) is 21.2 Å². The van der Waals surface area contributed by atoms with E-state index in [-0.39, 0.29) is 24.1 Å². The topological polar surface area (TPSA) is 73.0 Å². The van der Waals surface area contributed by atoms with Crippen molar-refractivity contribution in [2.24, 2.45) is 0 Å². The SMILES string of the molecule is O=C1CCC(N2Cc3cc(CN4CC5CC(C4)N5c4cccc(Cl)c4Cl)ccc3C2=O)C(=O)N1. The highest BCUT2D eigenvalue weighted by Gasteiger charge is 2.45. The van der Waals surface area contributed by atoms with E-state index >= 15 is 0 Å². The molecule has 2 aromatic rings. The molecule has 4 fully saturated rings. The molecule has 2 bridgehead atoms.